The molecule has 0 aliphatic heterocycles. The van der Waals surface area contributed by atoms with Crippen LogP contribution in [0.25, 0.3) is 0 Å². The second-order valence-corrected chi connectivity index (χ2v) is 35.0. The van der Waals surface area contributed by atoms with Crippen LogP contribution in [0.1, 0.15) is 152 Å². The van der Waals surface area contributed by atoms with Crippen LogP contribution < -0.4 is 31.8 Å². The van der Waals surface area contributed by atoms with Gasteiger partial charge in [-0.25, -0.2) is 16.8 Å². The van der Waals surface area contributed by atoms with Gasteiger partial charge in [-0.1, -0.05) is 180 Å². The van der Waals surface area contributed by atoms with Crippen LogP contribution in [0.2, 0.25) is 0 Å². The van der Waals surface area contributed by atoms with Crippen LogP contribution in [0, 0.1) is 0 Å². The van der Waals surface area contributed by atoms with E-state index >= 15 is 0 Å². The van der Waals surface area contributed by atoms with E-state index in [4.69, 9.17) is 25.9 Å². The molecule has 0 aliphatic carbocycles. The Morgan fingerprint density at radius 2 is 0.575 bits per heavy atom. The van der Waals surface area contributed by atoms with Crippen molar-refractivity contribution in [3.8, 4) is 0 Å². The predicted octanol–water partition coefficient (Wildman–Crippen LogP) is 14.8. The molecule has 0 amide bonds. The van der Waals surface area contributed by atoms with Gasteiger partial charge in [-0.2, -0.15) is 26.3 Å². The normalized spacial score (nSPS) is 12.9. The molecule has 19 heteroatoms. The first kappa shape index (κ1) is 73.2. The third kappa shape index (κ3) is 22.3. The average Bonchev–Trinajstić information content (AvgIpc) is 3.37. The zero-order chi connectivity index (χ0) is 59.8. The zero-order valence-corrected chi connectivity index (χ0v) is 56.2. The Hall–Kier alpha value is -2.87. The minimum absolute atomic E-state index is 0. The maximum Gasteiger partial charge on any atom is 2.00 e. The molecule has 6 nitrogen and oxygen atoms in total. The summed E-state index contributed by atoms with van der Waals surface area (Å²) < 4.78 is 118. The SMILES string of the molecule is CC(C)c1cc(C(C)C)c([PH+](C)C[PH+](C)c2c(C(C)C)cc(C(C)C)cc2C(C)C)c(C(C)C)c1.O=S(=O)([O-])C(F)(F)F.O=S(=O)([O-])C(F)(F)F.[Pt+2].c1ccc([PH+](CC[PH+](c2ccccc2)c2ccccc2)c2ccccc2)cc1. The molecule has 0 saturated heterocycles. The molecular weight excluding hydrogens is 1330 g/mol. The van der Waals surface area contributed by atoms with Crippen LogP contribution in [0.5, 0.6) is 0 Å². The van der Waals surface area contributed by atoms with Crippen LogP contribution >= 0.6 is 31.7 Å². The van der Waals surface area contributed by atoms with Crippen LogP contribution in [-0.4, -0.2) is 68.5 Å². The number of rotatable bonds is 17. The third-order valence-corrected chi connectivity index (χ3v) is 27.7. The maximum atomic E-state index is 10.7. The van der Waals surface area contributed by atoms with Gasteiger partial charge in [0.1, 0.15) is 22.9 Å². The molecular formula is C61H82F6O6P4PtS2+4. The molecule has 0 bridgehead atoms. The molecule has 6 aromatic carbocycles. The fourth-order valence-electron chi connectivity index (χ4n) is 9.19. The van der Waals surface area contributed by atoms with Gasteiger partial charge in [0.25, 0.3) is 0 Å². The van der Waals surface area contributed by atoms with Crippen LogP contribution in [-0.2, 0) is 41.3 Å². The van der Waals surface area contributed by atoms with E-state index in [9.17, 15) is 26.3 Å². The molecule has 6 aromatic rings. The second kappa shape index (κ2) is 33.0. The first-order chi connectivity index (χ1) is 36.6. The van der Waals surface area contributed by atoms with Gasteiger partial charge in [-0.3, -0.25) is 0 Å². The molecule has 0 aliphatic rings. The number of hydrogen-bond acceptors (Lipinski definition) is 6. The van der Waals surface area contributed by atoms with Crippen molar-refractivity contribution in [2.75, 3.05) is 31.6 Å². The largest absolute Gasteiger partial charge is 2.00 e. The Balaban J connectivity index is 0.000000429. The van der Waals surface area contributed by atoms with Crippen molar-refractivity contribution < 1.29 is 73.3 Å². The Kier molecular flexibility index (Phi) is 30.2. The molecule has 2 atom stereocenters. The molecule has 2 unspecified atom stereocenters. The van der Waals surface area contributed by atoms with Crippen LogP contribution in [0.4, 0.5) is 26.3 Å². The van der Waals surface area contributed by atoms with E-state index in [1.807, 2.05) is 0 Å². The summed E-state index contributed by atoms with van der Waals surface area (Å²) in [4.78, 5) is 0. The van der Waals surface area contributed by atoms with Gasteiger partial charge in [0.2, 0.25) is 0 Å². The van der Waals surface area contributed by atoms with Gasteiger partial charge in [0.05, 0.1) is 66.2 Å². The van der Waals surface area contributed by atoms with Gasteiger partial charge < -0.3 is 9.11 Å². The molecule has 0 radical (unpaired) electrons. The summed E-state index contributed by atoms with van der Waals surface area (Å²) >= 11 is 0. The standard InChI is InChI=1S/C33H54P2.C26H24P2.2CHF3O3S.Pt/c1-20(2)26-15-28(22(5)6)32(29(16-26)23(7)8)34(13)19-35(14)33-30(24(9)10)17-27(21(3)4)18-31(33)25(11)12;1-5-13-23(14-6-1)27(24-15-7-2-8-16-24)21-22-28(25-17-9-3-10-18-25)26-19-11-4-12-20-26;2*2-1(3,4)8(5,6)7;/h15-18,20-25H,19H2,1-14H3;1-20H,21-22H2;2*(H,5,6,7);/q;;;;+2/p+2. The van der Waals surface area contributed by atoms with E-state index in [1.54, 1.807) is 32.9 Å². The van der Waals surface area contributed by atoms with E-state index in [2.05, 4.69) is 242 Å². The Labute approximate surface area is 493 Å². The summed E-state index contributed by atoms with van der Waals surface area (Å²) in [5.41, 5.74) is -1.72. The molecule has 80 heavy (non-hydrogen) atoms. The molecule has 6 rings (SSSR count). The monoisotopic (exact) mass is 1410 g/mol. The summed E-state index contributed by atoms with van der Waals surface area (Å²) in [5.74, 6) is 4.88. The molecule has 442 valence electrons. The first-order valence-corrected chi connectivity index (χ1v) is 37.2. The summed E-state index contributed by atoms with van der Waals surface area (Å²) in [7, 11) is -15.1. The number of hydrogen-bond donors (Lipinski definition) is 0. The molecule has 0 spiro atoms. The van der Waals surface area contributed by atoms with Crippen molar-refractivity contribution in [1.82, 2.24) is 0 Å². The van der Waals surface area contributed by atoms with Gasteiger partial charge >= 0.3 is 32.1 Å². The van der Waals surface area contributed by atoms with Crippen molar-refractivity contribution in [1.29, 1.82) is 0 Å². The Morgan fingerprint density at radius 1 is 0.388 bits per heavy atom. The summed E-state index contributed by atoms with van der Waals surface area (Å²) in [6.07, 6.45) is 2.52. The van der Waals surface area contributed by atoms with Gasteiger partial charge in [0, 0.05) is 0 Å². The van der Waals surface area contributed by atoms with E-state index < -0.39 is 62.9 Å². The van der Waals surface area contributed by atoms with Gasteiger partial charge in [0.15, 0.2) is 26.1 Å². The fourth-order valence-corrected chi connectivity index (χ4v) is 23.4. The topological polar surface area (TPSA) is 114 Å². The predicted molar refractivity (Wildman–Crippen MR) is 332 cm³/mol. The van der Waals surface area contributed by atoms with Crippen molar-refractivity contribution in [3.63, 3.8) is 0 Å². The minimum atomic E-state index is -6.09. The molecule has 0 heterocycles. The smallest absolute Gasteiger partial charge is 0.741 e. The number of benzene rings is 6. The third-order valence-electron chi connectivity index (χ3n) is 13.3. The second-order valence-electron chi connectivity index (χ2n) is 21.5. The molecule has 0 N–H and O–H groups in total. The fraction of sp³-hybridized carbons (Fsp3) is 0.410. The van der Waals surface area contributed by atoms with Crippen molar-refractivity contribution in [2.24, 2.45) is 0 Å². The summed E-state index contributed by atoms with van der Waals surface area (Å²) in [5, 5.41) is 9.57. The van der Waals surface area contributed by atoms with Crippen LogP contribution in [0.15, 0.2) is 146 Å². The zero-order valence-electron chi connectivity index (χ0n) is 48.3. The van der Waals surface area contributed by atoms with Gasteiger partial charge in [-0.15, -0.1) is 0 Å². The first-order valence-electron chi connectivity index (χ1n) is 26.6. The van der Waals surface area contributed by atoms with E-state index in [-0.39, 0.29) is 21.1 Å². The van der Waals surface area contributed by atoms with Crippen LogP contribution in [0.3, 0.4) is 0 Å². The average molecular weight is 1410 g/mol. The molecule has 0 saturated carbocycles. The van der Waals surface area contributed by atoms with E-state index in [1.165, 1.54) is 50.6 Å². The Morgan fingerprint density at radius 3 is 0.725 bits per heavy atom. The van der Waals surface area contributed by atoms with Crippen molar-refractivity contribution >= 4 is 83.7 Å². The molecule has 0 fully saturated rings. The Bertz CT molecular complexity index is 2680. The quantitative estimate of drug-likeness (QED) is 0.0389. The number of halogens is 6. The van der Waals surface area contributed by atoms with Gasteiger partial charge in [-0.05, 0) is 117 Å². The van der Waals surface area contributed by atoms with E-state index in [0.29, 0.717) is 35.5 Å². The van der Waals surface area contributed by atoms with E-state index in [0.717, 1.165) is 0 Å². The molecule has 0 aromatic heterocycles. The van der Waals surface area contributed by atoms with Crippen molar-refractivity contribution in [2.45, 2.75) is 130 Å². The minimum Gasteiger partial charge on any atom is -0.741 e. The summed E-state index contributed by atoms with van der Waals surface area (Å²) in [6.45, 7) is 33.8. The van der Waals surface area contributed by atoms with Crippen molar-refractivity contribution in [3.05, 3.63) is 179 Å². The summed E-state index contributed by atoms with van der Waals surface area (Å²) in [6, 6.07) is 54.7. The number of alkyl halides is 6. The maximum absolute atomic E-state index is 10.7.